The predicted octanol–water partition coefficient (Wildman–Crippen LogP) is 2.67. The van der Waals surface area contributed by atoms with Gasteiger partial charge in [-0.2, -0.15) is 0 Å². The summed E-state index contributed by atoms with van der Waals surface area (Å²) in [5.74, 6) is -0.509. The van der Waals surface area contributed by atoms with Crippen molar-refractivity contribution in [1.29, 1.82) is 0 Å². The van der Waals surface area contributed by atoms with E-state index < -0.39 is 4.92 Å². The van der Waals surface area contributed by atoms with Crippen molar-refractivity contribution < 1.29 is 19.6 Å². The molecule has 1 heterocycles. The van der Waals surface area contributed by atoms with Crippen LogP contribution in [0.1, 0.15) is 18.4 Å². The first-order valence-corrected chi connectivity index (χ1v) is 7.97. The van der Waals surface area contributed by atoms with E-state index in [9.17, 15) is 20.0 Å². The van der Waals surface area contributed by atoms with Crippen LogP contribution >= 0.6 is 24.0 Å². The average Bonchev–Trinajstić information content (AvgIpc) is 3.28. The summed E-state index contributed by atoms with van der Waals surface area (Å²) in [6, 6.07) is 2.48. The summed E-state index contributed by atoms with van der Waals surface area (Å²) >= 11 is 6.34. The maximum atomic E-state index is 12.4. The number of amides is 1. The van der Waals surface area contributed by atoms with E-state index in [1.807, 2.05) is 0 Å². The molecule has 7 nitrogen and oxygen atoms in total. The molecular weight excluding hydrogens is 340 g/mol. The molecule has 0 radical (unpaired) electrons. The van der Waals surface area contributed by atoms with Crippen LogP contribution in [-0.2, 0) is 4.79 Å². The Kier molecular flexibility index (Phi) is 3.99. The zero-order valence-corrected chi connectivity index (χ0v) is 13.6. The van der Waals surface area contributed by atoms with Crippen molar-refractivity contribution in [2.24, 2.45) is 0 Å². The zero-order valence-electron chi connectivity index (χ0n) is 12.0. The molecule has 0 spiro atoms. The summed E-state index contributed by atoms with van der Waals surface area (Å²) in [4.78, 5) is 24.7. The number of aromatic hydroxyl groups is 1. The first-order chi connectivity index (χ1) is 10.9. The molecule has 1 aliphatic carbocycles. The topological polar surface area (TPSA) is 92.9 Å². The molecule has 2 fully saturated rings. The summed E-state index contributed by atoms with van der Waals surface area (Å²) in [6.45, 7) is 0. The Balaban J connectivity index is 2.01. The number of methoxy groups -OCH3 is 1. The van der Waals surface area contributed by atoms with Gasteiger partial charge in [0, 0.05) is 17.7 Å². The number of thioether (sulfide) groups is 1. The summed E-state index contributed by atoms with van der Waals surface area (Å²) in [7, 11) is 1.30. The Hall–Kier alpha value is -2.13. The molecule has 1 saturated carbocycles. The highest BCUT2D eigenvalue weighted by atomic mass is 32.2. The third-order valence-electron chi connectivity index (χ3n) is 3.54. The van der Waals surface area contributed by atoms with Gasteiger partial charge in [0.2, 0.25) is 0 Å². The van der Waals surface area contributed by atoms with Gasteiger partial charge in [0.15, 0.2) is 11.5 Å². The van der Waals surface area contributed by atoms with Gasteiger partial charge < -0.3 is 9.84 Å². The third kappa shape index (κ3) is 2.89. The normalized spacial score (nSPS) is 19.5. The van der Waals surface area contributed by atoms with Crippen LogP contribution in [-0.4, -0.2) is 38.3 Å². The number of hydrogen-bond donors (Lipinski definition) is 1. The number of ether oxygens (including phenoxy) is 1. The quantitative estimate of drug-likeness (QED) is 0.385. The Labute approximate surface area is 141 Å². The second-order valence-corrected chi connectivity index (χ2v) is 6.80. The largest absolute Gasteiger partial charge is 0.504 e. The molecule has 1 aliphatic heterocycles. The van der Waals surface area contributed by atoms with Gasteiger partial charge in [0.05, 0.1) is 23.0 Å². The molecule has 1 saturated heterocycles. The maximum absolute atomic E-state index is 12.4. The summed E-state index contributed by atoms with van der Waals surface area (Å²) in [6.07, 6.45) is 3.26. The van der Waals surface area contributed by atoms with E-state index in [0.29, 0.717) is 9.23 Å². The van der Waals surface area contributed by atoms with E-state index in [1.165, 1.54) is 19.3 Å². The van der Waals surface area contributed by atoms with E-state index in [-0.39, 0.29) is 34.7 Å². The zero-order chi connectivity index (χ0) is 16.7. The summed E-state index contributed by atoms with van der Waals surface area (Å²) in [5, 5.41) is 21.1. The van der Waals surface area contributed by atoms with E-state index >= 15 is 0 Å². The monoisotopic (exact) mass is 352 g/mol. The Bertz CT molecular complexity index is 758. The maximum Gasteiger partial charge on any atom is 0.274 e. The molecule has 1 amide bonds. The predicted molar refractivity (Wildman–Crippen MR) is 89.3 cm³/mol. The molecule has 23 heavy (non-hydrogen) atoms. The highest BCUT2D eigenvalue weighted by Crippen LogP contribution is 2.42. The van der Waals surface area contributed by atoms with Gasteiger partial charge in [-0.25, -0.2) is 0 Å². The van der Waals surface area contributed by atoms with Gasteiger partial charge in [0.1, 0.15) is 4.32 Å². The van der Waals surface area contributed by atoms with Crippen LogP contribution < -0.4 is 4.74 Å². The van der Waals surface area contributed by atoms with E-state index in [2.05, 4.69) is 0 Å². The minimum atomic E-state index is -0.589. The highest BCUT2D eigenvalue weighted by Gasteiger charge is 2.42. The fourth-order valence-corrected chi connectivity index (χ4v) is 3.65. The first-order valence-electron chi connectivity index (χ1n) is 6.75. The Morgan fingerprint density at radius 1 is 1.52 bits per heavy atom. The molecule has 1 aromatic carbocycles. The van der Waals surface area contributed by atoms with Crippen molar-refractivity contribution in [2.45, 2.75) is 18.9 Å². The van der Waals surface area contributed by atoms with E-state index in [0.717, 1.165) is 30.7 Å². The fraction of sp³-hybridized carbons (Fsp3) is 0.286. The number of nitro groups is 1. The molecule has 0 atom stereocenters. The van der Waals surface area contributed by atoms with Crippen LogP contribution in [0.15, 0.2) is 17.0 Å². The van der Waals surface area contributed by atoms with Crippen molar-refractivity contribution >= 4 is 46.0 Å². The number of hydrogen-bond acceptors (Lipinski definition) is 7. The summed E-state index contributed by atoms with van der Waals surface area (Å²) < 4.78 is 5.42. The number of carbonyl (C=O) groups excluding carboxylic acids is 1. The molecule has 2 aliphatic rings. The average molecular weight is 352 g/mol. The molecule has 0 unspecified atom stereocenters. The van der Waals surface area contributed by atoms with E-state index in [4.69, 9.17) is 17.0 Å². The number of carbonyl (C=O) groups is 1. The van der Waals surface area contributed by atoms with Crippen molar-refractivity contribution in [3.05, 3.63) is 32.7 Å². The number of nitrogens with zero attached hydrogens (tertiary/aromatic N) is 2. The van der Waals surface area contributed by atoms with Crippen LogP contribution in [0, 0.1) is 10.1 Å². The lowest BCUT2D eigenvalue weighted by Gasteiger charge is -2.12. The number of phenolic OH excluding ortho intramolecular Hbond substituents is 1. The van der Waals surface area contributed by atoms with Gasteiger partial charge in [0.25, 0.3) is 11.6 Å². The van der Waals surface area contributed by atoms with Crippen LogP contribution in [0.2, 0.25) is 0 Å². The second kappa shape index (κ2) is 5.82. The third-order valence-corrected chi connectivity index (χ3v) is 4.87. The molecule has 120 valence electrons. The molecular formula is C14H12N2O5S2. The number of nitro benzene ring substituents is 1. The number of benzene rings is 1. The minimum Gasteiger partial charge on any atom is -0.504 e. The first kappa shape index (κ1) is 15.8. The van der Waals surface area contributed by atoms with Crippen LogP contribution in [0.4, 0.5) is 5.69 Å². The number of non-ortho nitro benzene ring substituents is 1. The van der Waals surface area contributed by atoms with Gasteiger partial charge in [-0.05, 0) is 18.9 Å². The van der Waals surface area contributed by atoms with Gasteiger partial charge in [-0.15, -0.1) is 0 Å². The number of rotatable bonds is 4. The fourth-order valence-electron chi connectivity index (χ4n) is 2.25. The van der Waals surface area contributed by atoms with Gasteiger partial charge >= 0.3 is 0 Å². The molecule has 1 N–H and O–H groups in total. The second-order valence-electron chi connectivity index (χ2n) is 5.13. The smallest absolute Gasteiger partial charge is 0.274 e. The molecule has 1 aromatic rings. The molecule has 9 heteroatoms. The summed E-state index contributed by atoms with van der Waals surface area (Å²) in [5.41, 5.74) is -0.0871. The Morgan fingerprint density at radius 2 is 2.22 bits per heavy atom. The van der Waals surface area contributed by atoms with Crippen molar-refractivity contribution in [2.75, 3.05) is 7.11 Å². The van der Waals surface area contributed by atoms with Crippen molar-refractivity contribution in [3.63, 3.8) is 0 Å². The van der Waals surface area contributed by atoms with E-state index in [1.54, 1.807) is 4.90 Å². The molecule has 0 bridgehead atoms. The van der Waals surface area contributed by atoms with Gasteiger partial charge in [-0.3, -0.25) is 19.8 Å². The lowest BCUT2D eigenvalue weighted by molar-refractivity contribution is -0.385. The van der Waals surface area contributed by atoms with Crippen LogP contribution in [0.5, 0.6) is 11.5 Å². The SMILES string of the molecule is COc1cc([N+](=O)[O-])cc(C=C2SC(=S)N(C3CC3)C2=O)c1O. The van der Waals surface area contributed by atoms with Crippen molar-refractivity contribution in [1.82, 2.24) is 4.90 Å². The lowest BCUT2D eigenvalue weighted by atomic mass is 10.1. The standard InChI is InChI=1S/C14H12N2O5S2/c1-21-10-6-9(16(19)20)4-7(12(10)17)5-11-13(18)15(8-2-3-8)14(22)23-11/h4-6,8,17H,2-3H2,1H3. The van der Waals surface area contributed by atoms with Crippen LogP contribution in [0.25, 0.3) is 6.08 Å². The number of thiocarbonyl (C=S) groups is 1. The lowest BCUT2D eigenvalue weighted by Crippen LogP contribution is -2.30. The molecule has 3 rings (SSSR count). The van der Waals surface area contributed by atoms with Crippen molar-refractivity contribution in [3.8, 4) is 11.5 Å². The Morgan fingerprint density at radius 3 is 2.78 bits per heavy atom. The van der Waals surface area contributed by atoms with Crippen LogP contribution in [0.3, 0.4) is 0 Å². The minimum absolute atomic E-state index is 0.0249. The molecule has 0 aromatic heterocycles. The number of phenols is 1. The van der Waals surface area contributed by atoms with Gasteiger partial charge in [-0.1, -0.05) is 24.0 Å². The highest BCUT2D eigenvalue weighted by molar-refractivity contribution is 8.26.